The molecule has 1 atom stereocenters. The zero-order valence-electron chi connectivity index (χ0n) is 11.1. The molecule has 0 radical (unpaired) electrons. The molecular formula is C16H24N2. The van der Waals surface area contributed by atoms with E-state index < -0.39 is 0 Å². The molecule has 98 valence electrons. The predicted molar refractivity (Wildman–Crippen MR) is 77.8 cm³/mol. The fourth-order valence-corrected chi connectivity index (χ4v) is 2.59. The maximum atomic E-state index is 3.81. The Kier molecular flexibility index (Phi) is 5.43. The van der Waals surface area contributed by atoms with E-state index in [1.165, 1.54) is 18.5 Å². The lowest BCUT2D eigenvalue weighted by molar-refractivity contribution is 0.272. The molecule has 0 spiro atoms. The van der Waals surface area contributed by atoms with E-state index >= 15 is 0 Å². The van der Waals surface area contributed by atoms with Gasteiger partial charge in [-0.05, 0) is 37.9 Å². The summed E-state index contributed by atoms with van der Waals surface area (Å²) in [7, 11) is 0. The maximum absolute atomic E-state index is 3.81. The van der Waals surface area contributed by atoms with Gasteiger partial charge in [0.2, 0.25) is 0 Å². The van der Waals surface area contributed by atoms with Crippen molar-refractivity contribution in [2.24, 2.45) is 0 Å². The first-order valence-electron chi connectivity index (χ1n) is 6.99. The zero-order valence-corrected chi connectivity index (χ0v) is 11.1. The van der Waals surface area contributed by atoms with Crippen LogP contribution >= 0.6 is 0 Å². The van der Waals surface area contributed by atoms with Crippen LogP contribution in [-0.4, -0.2) is 37.1 Å². The first-order chi connectivity index (χ1) is 8.88. The highest BCUT2D eigenvalue weighted by Crippen LogP contribution is 2.08. The second kappa shape index (κ2) is 7.34. The summed E-state index contributed by atoms with van der Waals surface area (Å²) in [4.78, 5) is 2.56. The molecule has 1 saturated heterocycles. The molecule has 0 aromatic heterocycles. The molecule has 1 N–H and O–H groups in total. The highest BCUT2D eigenvalue weighted by atomic mass is 15.2. The molecule has 0 amide bonds. The lowest BCUT2D eigenvalue weighted by Crippen LogP contribution is -2.39. The van der Waals surface area contributed by atoms with Crippen LogP contribution in [0.4, 0.5) is 0 Å². The molecule has 2 heteroatoms. The molecular weight excluding hydrogens is 220 g/mol. The monoisotopic (exact) mass is 244 g/mol. The van der Waals surface area contributed by atoms with Gasteiger partial charge in [-0.25, -0.2) is 0 Å². The van der Waals surface area contributed by atoms with Crippen LogP contribution in [-0.2, 0) is 6.42 Å². The van der Waals surface area contributed by atoms with Crippen LogP contribution in [0, 0.1) is 0 Å². The van der Waals surface area contributed by atoms with E-state index in [4.69, 9.17) is 0 Å². The van der Waals surface area contributed by atoms with Gasteiger partial charge in [0.05, 0.1) is 0 Å². The zero-order chi connectivity index (χ0) is 12.6. The van der Waals surface area contributed by atoms with Crippen molar-refractivity contribution in [2.45, 2.75) is 25.3 Å². The first-order valence-corrected chi connectivity index (χ1v) is 6.99. The second-order valence-corrected chi connectivity index (χ2v) is 5.07. The Morgan fingerprint density at radius 3 is 2.94 bits per heavy atom. The van der Waals surface area contributed by atoms with Gasteiger partial charge in [0.1, 0.15) is 0 Å². The molecule has 1 fully saturated rings. The Balaban J connectivity index is 1.88. The molecule has 0 aliphatic carbocycles. The second-order valence-electron chi connectivity index (χ2n) is 5.07. The summed E-state index contributed by atoms with van der Waals surface area (Å²) in [6.45, 7) is 8.47. The van der Waals surface area contributed by atoms with Crippen LogP contribution < -0.4 is 5.32 Å². The van der Waals surface area contributed by atoms with Crippen molar-refractivity contribution in [1.82, 2.24) is 10.2 Å². The van der Waals surface area contributed by atoms with Gasteiger partial charge in [0.15, 0.2) is 0 Å². The fraction of sp³-hybridized carbons (Fsp3) is 0.500. The summed E-state index contributed by atoms with van der Waals surface area (Å²) < 4.78 is 0. The predicted octanol–water partition coefficient (Wildman–Crippen LogP) is 2.47. The number of nitrogens with one attached hydrogen (secondary N) is 1. The summed E-state index contributed by atoms with van der Waals surface area (Å²) in [5, 5.41) is 3.67. The molecule has 2 nitrogen and oxygen atoms in total. The van der Waals surface area contributed by atoms with E-state index in [2.05, 4.69) is 47.1 Å². The maximum Gasteiger partial charge on any atom is 0.0235 e. The van der Waals surface area contributed by atoms with E-state index in [0.29, 0.717) is 6.04 Å². The minimum atomic E-state index is 0.583. The van der Waals surface area contributed by atoms with E-state index in [-0.39, 0.29) is 0 Å². The highest BCUT2D eigenvalue weighted by molar-refractivity contribution is 5.16. The van der Waals surface area contributed by atoms with Crippen molar-refractivity contribution in [3.8, 4) is 0 Å². The summed E-state index contributed by atoms with van der Waals surface area (Å²) >= 11 is 0. The summed E-state index contributed by atoms with van der Waals surface area (Å²) in [5.74, 6) is 0. The average molecular weight is 244 g/mol. The Morgan fingerprint density at radius 1 is 1.33 bits per heavy atom. The third-order valence-electron chi connectivity index (χ3n) is 3.54. The average Bonchev–Trinajstić information content (AvgIpc) is 2.63. The number of hydrogen-bond acceptors (Lipinski definition) is 2. The number of nitrogens with zero attached hydrogens (tertiary/aromatic N) is 1. The molecule has 1 unspecified atom stereocenters. The number of hydrogen-bond donors (Lipinski definition) is 1. The van der Waals surface area contributed by atoms with Gasteiger partial charge in [0, 0.05) is 19.1 Å². The largest absolute Gasteiger partial charge is 0.312 e. The Morgan fingerprint density at radius 2 is 2.17 bits per heavy atom. The van der Waals surface area contributed by atoms with Gasteiger partial charge in [0.25, 0.3) is 0 Å². The van der Waals surface area contributed by atoms with Crippen LogP contribution in [0.3, 0.4) is 0 Å². The summed E-state index contributed by atoms with van der Waals surface area (Å²) in [6, 6.07) is 11.4. The van der Waals surface area contributed by atoms with Gasteiger partial charge in [-0.3, -0.25) is 0 Å². The molecule has 1 aromatic rings. The molecule has 18 heavy (non-hydrogen) atoms. The van der Waals surface area contributed by atoms with Crippen LogP contribution in [0.1, 0.15) is 18.4 Å². The van der Waals surface area contributed by atoms with Crippen molar-refractivity contribution >= 4 is 0 Å². The van der Waals surface area contributed by atoms with Crippen molar-refractivity contribution in [3.05, 3.63) is 48.6 Å². The topological polar surface area (TPSA) is 15.3 Å². The van der Waals surface area contributed by atoms with E-state index in [9.17, 15) is 0 Å². The smallest absolute Gasteiger partial charge is 0.0235 e. The fourth-order valence-electron chi connectivity index (χ4n) is 2.59. The first kappa shape index (κ1) is 13.3. The van der Waals surface area contributed by atoms with E-state index in [1.807, 2.05) is 6.08 Å². The number of rotatable bonds is 5. The van der Waals surface area contributed by atoms with Crippen molar-refractivity contribution in [1.29, 1.82) is 0 Å². The minimum Gasteiger partial charge on any atom is -0.312 e. The van der Waals surface area contributed by atoms with Crippen molar-refractivity contribution in [2.75, 3.05) is 26.2 Å². The van der Waals surface area contributed by atoms with E-state index in [0.717, 1.165) is 32.5 Å². The van der Waals surface area contributed by atoms with Crippen LogP contribution in [0.2, 0.25) is 0 Å². The molecule has 1 aliphatic heterocycles. The van der Waals surface area contributed by atoms with Crippen LogP contribution in [0.15, 0.2) is 43.0 Å². The normalized spacial score (nSPS) is 21.4. The third kappa shape index (κ3) is 4.28. The molecule has 1 heterocycles. The summed E-state index contributed by atoms with van der Waals surface area (Å²) in [6.07, 6.45) is 5.50. The molecule has 1 aliphatic rings. The van der Waals surface area contributed by atoms with Crippen LogP contribution in [0.25, 0.3) is 0 Å². The standard InChI is InChI=1S/C16H24N2/c1-2-3-11-18-12-7-10-17-16(14-18)13-15-8-5-4-6-9-15/h2,4-6,8-9,16-17H,1,3,7,10-14H2. The Hall–Kier alpha value is -1.12. The van der Waals surface area contributed by atoms with E-state index in [1.54, 1.807) is 0 Å². The molecule has 0 saturated carbocycles. The quantitative estimate of drug-likeness (QED) is 0.801. The van der Waals surface area contributed by atoms with Crippen molar-refractivity contribution < 1.29 is 0 Å². The lowest BCUT2D eigenvalue weighted by Gasteiger charge is -2.24. The third-order valence-corrected chi connectivity index (χ3v) is 3.54. The SMILES string of the molecule is C=CCCN1CCCNC(Cc2ccccc2)C1. The molecule has 2 rings (SSSR count). The van der Waals surface area contributed by atoms with Crippen LogP contribution in [0.5, 0.6) is 0 Å². The highest BCUT2D eigenvalue weighted by Gasteiger charge is 2.17. The lowest BCUT2D eigenvalue weighted by atomic mass is 10.1. The molecule has 0 bridgehead atoms. The summed E-state index contributed by atoms with van der Waals surface area (Å²) in [5.41, 5.74) is 1.43. The van der Waals surface area contributed by atoms with Crippen molar-refractivity contribution in [3.63, 3.8) is 0 Å². The van der Waals surface area contributed by atoms with Gasteiger partial charge in [-0.2, -0.15) is 0 Å². The Bertz CT molecular complexity index is 347. The number of benzene rings is 1. The van der Waals surface area contributed by atoms with Gasteiger partial charge in [-0.15, -0.1) is 6.58 Å². The van der Waals surface area contributed by atoms with Gasteiger partial charge in [-0.1, -0.05) is 36.4 Å². The van der Waals surface area contributed by atoms with Gasteiger partial charge >= 0.3 is 0 Å². The minimum absolute atomic E-state index is 0.583. The van der Waals surface area contributed by atoms with Gasteiger partial charge < -0.3 is 10.2 Å². The Labute approximate surface area is 111 Å². The molecule has 1 aromatic carbocycles.